The molecule has 1 aromatic rings. The van der Waals surface area contributed by atoms with Crippen LogP contribution in [0.2, 0.25) is 0 Å². The van der Waals surface area contributed by atoms with Gasteiger partial charge in [0.25, 0.3) is 0 Å². The largest absolute Gasteiger partial charge is 0.272 e. The molecule has 0 heterocycles. The third-order valence-electron chi connectivity index (χ3n) is 5.37. The quantitative estimate of drug-likeness (QED) is 0.738. The standard InChI is InChI=1S/C19H29FN2O/c1-5-19(2,15-10-7-6-8-11-15)18(23)22(21(3)4)17-13-9-12-16(20)14-17/h9,12-15H,5-8,10-11H2,1-4H3. The van der Waals surface area contributed by atoms with Crippen LogP contribution in [0.5, 0.6) is 0 Å². The second-order valence-corrected chi connectivity index (χ2v) is 7.05. The molecule has 1 unspecified atom stereocenters. The van der Waals surface area contributed by atoms with E-state index in [1.807, 2.05) is 14.1 Å². The molecule has 1 saturated carbocycles. The Labute approximate surface area is 139 Å². The molecule has 1 fully saturated rings. The van der Waals surface area contributed by atoms with Gasteiger partial charge in [-0.05, 0) is 43.4 Å². The van der Waals surface area contributed by atoms with Crippen LogP contribution in [0.25, 0.3) is 0 Å². The van der Waals surface area contributed by atoms with Crippen LogP contribution in [0, 0.1) is 17.2 Å². The minimum atomic E-state index is -0.406. The van der Waals surface area contributed by atoms with Gasteiger partial charge in [-0.15, -0.1) is 0 Å². The first-order valence-electron chi connectivity index (χ1n) is 8.67. The Kier molecular flexibility index (Phi) is 5.79. The summed E-state index contributed by atoms with van der Waals surface area (Å²) >= 11 is 0. The summed E-state index contributed by atoms with van der Waals surface area (Å²) in [4.78, 5) is 13.4. The summed E-state index contributed by atoms with van der Waals surface area (Å²) in [5, 5.41) is 3.38. The normalized spacial score (nSPS) is 18.7. The molecule has 1 aromatic carbocycles. The van der Waals surface area contributed by atoms with Crippen LogP contribution in [-0.4, -0.2) is 25.0 Å². The first kappa shape index (κ1) is 17.9. The van der Waals surface area contributed by atoms with Gasteiger partial charge in [0.15, 0.2) is 0 Å². The topological polar surface area (TPSA) is 23.6 Å². The Morgan fingerprint density at radius 3 is 2.43 bits per heavy atom. The minimum absolute atomic E-state index is 0.0718. The van der Waals surface area contributed by atoms with Gasteiger partial charge in [-0.1, -0.05) is 39.2 Å². The van der Waals surface area contributed by atoms with Crippen molar-refractivity contribution in [3.8, 4) is 0 Å². The first-order chi connectivity index (χ1) is 10.9. The molecule has 0 radical (unpaired) electrons. The molecule has 4 heteroatoms. The summed E-state index contributed by atoms with van der Waals surface area (Å²) in [6, 6.07) is 6.27. The molecular formula is C19H29FN2O. The van der Waals surface area contributed by atoms with Crippen LogP contribution in [0.4, 0.5) is 10.1 Å². The van der Waals surface area contributed by atoms with E-state index in [1.54, 1.807) is 22.2 Å². The third kappa shape index (κ3) is 3.74. The number of rotatable bonds is 5. The maximum absolute atomic E-state index is 13.6. The van der Waals surface area contributed by atoms with Gasteiger partial charge in [0.1, 0.15) is 5.82 Å². The minimum Gasteiger partial charge on any atom is -0.272 e. The highest BCUT2D eigenvalue weighted by Gasteiger charge is 2.43. The SMILES string of the molecule is CCC(C)(C(=O)N(c1cccc(F)c1)N(C)C)C1CCCCC1. The molecule has 0 bridgehead atoms. The lowest BCUT2D eigenvalue weighted by Crippen LogP contribution is -2.52. The van der Waals surface area contributed by atoms with Gasteiger partial charge in [-0.3, -0.25) is 4.79 Å². The Hall–Kier alpha value is -1.42. The lowest BCUT2D eigenvalue weighted by atomic mass is 9.67. The van der Waals surface area contributed by atoms with Crippen LogP contribution >= 0.6 is 0 Å². The average Bonchev–Trinajstić information content (AvgIpc) is 2.54. The van der Waals surface area contributed by atoms with E-state index < -0.39 is 5.41 Å². The van der Waals surface area contributed by atoms with Gasteiger partial charge in [0.2, 0.25) is 5.91 Å². The fourth-order valence-electron chi connectivity index (χ4n) is 3.73. The van der Waals surface area contributed by atoms with Crippen LogP contribution in [0.15, 0.2) is 24.3 Å². The van der Waals surface area contributed by atoms with Crippen LogP contribution in [0.1, 0.15) is 52.4 Å². The fourth-order valence-corrected chi connectivity index (χ4v) is 3.73. The van der Waals surface area contributed by atoms with E-state index >= 15 is 0 Å². The molecule has 1 atom stereocenters. The smallest absolute Gasteiger partial charge is 0.247 e. The number of anilines is 1. The summed E-state index contributed by atoms with van der Waals surface area (Å²) in [5.74, 6) is 0.158. The zero-order chi connectivity index (χ0) is 17.0. The van der Waals surface area contributed by atoms with Gasteiger partial charge in [0, 0.05) is 14.1 Å². The number of halogens is 1. The van der Waals surface area contributed by atoms with Gasteiger partial charge < -0.3 is 0 Å². The number of nitrogens with zero attached hydrogens (tertiary/aromatic N) is 2. The predicted octanol–water partition coefficient (Wildman–Crippen LogP) is 4.63. The van der Waals surface area contributed by atoms with Crippen LogP contribution in [-0.2, 0) is 4.79 Å². The number of hydrogen-bond donors (Lipinski definition) is 0. The van der Waals surface area contributed by atoms with Gasteiger partial charge in [0.05, 0.1) is 11.1 Å². The molecular weight excluding hydrogens is 291 g/mol. The third-order valence-corrected chi connectivity index (χ3v) is 5.37. The molecule has 1 aliphatic carbocycles. The molecule has 23 heavy (non-hydrogen) atoms. The van der Waals surface area contributed by atoms with Gasteiger partial charge in [-0.2, -0.15) is 0 Å². The van der Waals surface area contributed by atoms with Crippen molar-refractivity contribution in [2.75, 3.05) is 19.1 Å². The van der Waals surface area contributed by atoms with Crippen molar-refractivity contribution < 1.29 is 9.18 Å². The van der Waals surface area contributed by atoms with Gasteiger partial charge in [-0.25, -0.2) is 14.4 Å². The highest BCUT2D eigenvalue weighted by atomic mass is 19.1. The van der Waals surface area contributed by atoms with E-state index in [0.717, 1.165) is 19.3 Å². The molecule has 0 N–H and O–H groups in total. The maximum Gasteiger partial charge on any atom is 0.247 e. The number of carbonyl (C=O) groups excluding carboxylic acids is 1. The summed E-state index contributed by atoms with van der Waals surface area (Å²) < 4.78 is 13.6. The summed E-state index contributed by atoms with van der Waals surface area (Å²) in [5.41, 5.74) is 0.187. The summed E-state index contributed by atoms with van der Waals surface area (Å²) in [6.45, 7) is 4.17. The van der Waals surface area contributed by atoms with E-state index in [2.05, 4.69) is 13.8 Å². The van der Waals surface area contributed by atoms with Crippen molar-refractivity contribution >= 4 is 11.6 Å². The van der Waals surface area contributed by atoms with Gasteiger partial charge >= 0.3 is 0 Å². The lowest BCUT2D eigenvalue weighted by molar-refractivity contribution is -0.134. The van der Waals surface area contributed by atoms with Crippen molar-refractivity contribution in [3.63, 3.8) is 0 Å². The van der Waals surface area contributed by atoms with Crippen molar-refractivity contribution in [1.29, 1.82) is 0 Å². The number of amides is 1. The molecule has 0 aliphatic heterocycles. The predicted molar refractivity (Wildman–Crippen MR) is 92.5 cm³/mol. The van der Waals surface area contributed by atoms with E-state index in [4.69, 9.17) is 0 Å². The number of benzene rings is 1. The molecule has 0 spiro atoms. The highest BCUT2D eigenvalue weighted by Crippen LogP contribution is 2.43. The fraction of sp³-hybridized carbons (Fsp3) is 0.632. The first-order valence-corrected chi connectivity index (χ1v) is 8.67. The van der Waals surface area contributed by atoms with E-state index in [9.17, 15) is 9.18 Å². The molecule has 1 aliphatic rings. The summed E-state index contributed by atoms with van der Waals surface area (Å²) in [7, 11) is 3.67. The highest BCUT2D eigenvalue weighted by molar-refractivity contribution is 5.96. The van der Waals surface area contributed by atoms with Crippen molar-refractivity contribution in [3.05, 3.63) is 30.1 Å². The van der Waals surface area contributed by atoms with Crippen LogP contribution in [0.3, 0.4) is 0 Å². The van der Waals surface area contributed by atoms with Crippen molar-refractivity contribution in [1.82, 2.24) is 5.01 Å². The van der Waals surface area contributed by atoms with E-state index in [1.165, 1.54) is 31.4 Å². The molecule has 1 amide bonds. The Morgan fingerprint density at radius 1 is 1.26 bits per heavy atom. The Balaban J connectivity index is 2.35. The zero-order valence-electron chi connectivity index (χ0n) is 14.8. The molecule has 0 aromatic heterocycles. The zero-order valence-corrected chi connectivity index (χ0v) is 14.8. The Bertz CT molecular complexity index is 540. The molecule has 3 nitrogen and oxygen atoms in total. The second kappa shape index (κ2) is 7.43. The number of hydrogen-bond acceptors (Lipinski definition) is 2. The monoisotopic (exact) mass is 320 g/mol. The average molecular weight is 320 g/mol. The van der Waals surface area contributed by atoms with E-state index in [-0.39, 0.29) is 11.7 Å². The molecule has 128 valence electrons. The maximum atomic E-state index is 13.6. The molecule has 2 rings (SSSR count). The van der Waals surface area contributed by atoms with E-state index in [0.29, 0.717) is 11.6 Å². The second-order valence-electron chi connectivity index (χ2n) is 7.05. The summed E-state index contributed by atoms with van der Waals surface area (Å²) in [6.07, 6.45) is 6.70. The van der Waals surface area contributed by atoms with Crippen molar-refractivity contribution in [2.45, 2.75) is 52.4 Å². The lowest BCUT2D eigenvalue weighted by Gasteiger charge is -2.43. The van der Waals surface area contributed by atoms with Crippen LogP contribution < -0.4 is 5.01 Å². The Morgan fingerprint density at radius 2 is 1.91 bits per heavy atom. The number of hydrazine groups is 1. The molecule has 0 saturated heterocycles. The van der Waals surface area contributed by atoms with Crippen molar-refractivity contribution in [2.24, 2.45) is 11.3 Å². The number of carbonyl (C=O) groups is 1.